The molecule has 120 valence electrons. The monoisotopic (exact) mass is 326 g/mol. The van der Waals surface area contributed by atoms with Crippen LogP contribution < -0.4 is 10.1 Å². The highest BCUT2D eigenvalue weighted by Crippen LogP contribution is 2.35. The Bertz CT molecular complexity index is 708. The number of nitrogens with one attached hydrogen (secondary N) is 1. The van der Waals surface area contributed by atoms with Gasteiger partial charge in [0.2, 0.25) is 10.0 Å². The third kappa shape index (κ3) is 2.57. The Morgan fingerprint density at radius 1 is 1.23 bits per heavy atom. The van der Waals surface area contributed by atoms with Crippen LogP contribution in [-0.4, -0.2) is 50.5 Å². The van der Waals surface area contributed by atoms with Gasteiger partial charge in [0.15, 0.2) is 5.60 Å². The molecule has 0 bridgehead atoms. The van der Waals surface area contributed by atoms with Crippen molar-refractivity contribution in [2.45, 2.75) is 24.3 Å². The largest absolute Gasteiger partial charge is 0.476 e. The molecule has 1 fully saturated rings. The molecule has 1 aromatic carbocycles. The lowest BCUT2D eigenvalue weighted by atomic mass is 10.1. The van der Waals surface area contributed by atoms with E-state index in [0.717, 1.165) is 0 Å². The van der Waals surface area contributed by atoms with Crippen molar-refractivity contribution in [3.8, 4) is 5.75 Å². The van der Waals surface area contributed by atoms with Crippen LogP contribution >= 0.6 is 0 Å². The molecule has 2 aliphatic rings. The first-order valence-electron chi connectivity index (χ1n) is 7.03. The summed E-state index contributed by atoms with van der Waals surface area (Å²) in [6.07, 6.45) is 0. The Labute approximate surface area is 129 Å². The Morgan fingerprint density at radius 2 is 1.91 bits per heavy atom. The Kier molecular flexibility index (Phi) is 3.62. The molecule has 3 rings (SSSR count). The highest BCUT2D eigenvalue weighted by molar-refractivity contribution is 7.89. The fraction of sp³-hybridized carbons (Fsp3) is 0.500. The zero-order chi connectivity index (χ0) is 16.0. The van der Waals surface area contributed by atoms with E-state index >= 15 is 0 Å². The Hall–Kier alpha value is -1.64. The predicted octanol–water partition coefficient (Wildman–Crippen LogP) is 0.817. The van der Waals surface area contributed by atoms with Gasteiger partial charge in [-0.15, -0.1) is 0 Å². The molecule has 0 aliphatic carbocycles. The number of hydrogen-bond donors (Lipinski definition) is 1. The maximum atomic E-state index is 12.6. The van der Waals surface area contributed by atoms with E-state index in [1.807, 2.05) is 0 Å². The maximum absolute atomic E-state index is 12.6. The molecule has 1 amide bonds. The highest BCUT2D eigenvalue weighted by atomic mass is 32.2. The van der Waals surface area contributed by atoms with E-state index < -0.39 is 15.6 Å². The molecule has 1 aromatic rings. The summed E-state index contributed by atoms with van der Waals surface area (Å²) < 4.78 is 37.5. The zero-order valence-electron chi connectivity index (χ0n) is 12.5. The second-order valence-corrected chi connectivity index (χ2v) is 7.68. The summed E-state index contributed by atoms with van der Waals surface area (Å²) in [5, 5.41) is 2.72. The molecular formula is C14H18N2O5S. The molecule has 2 heterocycles. The molecule has 7 nitrogen and oxygen atoms in total. The van der Waals surface area contributed by atoms with Crippen LogP contribution in [0, 0.1) is 0 Å². The van der Waals surface area contributed by atoms with Gasteiger partial charge in [-0.2, -0.15) is 4.31 Å². The summed E-state index contributed by atoms with van der Waals surface area (Å²) >= 11 is 0. The topological polar surface area (TPSA) is 84.9 Å². The number of carbonyl (C=O) groups excluding carboxylic acids is 1. The van der Waals surface area contributed by atoms with Crippen LogP contribution in [0.3, 0.4) is 0 Å². The minimum Gasteiger partial charge on any atom is -0.476 e. The third-order valence-corrected chi connectivity index (χ3v) is 5.62. The van der Waals surface area contributed by atoms with Crippen molar-refractivity contribution in [1.29, 1.82) is 0 Å². The van der Waals surface area contributed by atoms with E-state index in [1.54, 1.807) is 19.9 Å². The number of amides is 1. The molecule has 1 saturated heterocycles. The number of carbonyl (C=O) groups is 1. The minimum absolute atomic E-state index is 0.153. The number of ether oxygens (including phenoxy) is 2. The normalized spacial score (nSPS) is 21.6. The smallest absolute Gasteiger partial charge is 0.268 e. The highest BCUT2D eigenvalue weighted by Gasteiger charge is 2.36. The molecule has 0 unspecified atom stereocenters. The lowest BCUT2D eigenvalue weighted by Crippen LogP contribution is -2.45. The van der Waals surface area contributed by atoms with Gasteiger partial charge in [-0.25, -0.2) is 8.42 Å². The molecule has 0 radical (unpaired) electrons. The quantitative estimate of drug-likeness (QED) is 0.869. The number of sulfonamides is 1. The second-order valence-electron chi connectivity index (χ2n) is 5.74. The van der Waals surface area contributed by atoms with Crippen molar-refractivity contribution in [3.63, 3.8) is 0 Å². The van der Waals surface area contributed by atoms with Crippen LogP contribution in [0.4, 0.5) is 5.69 Å². The van der Waals surface area contributed by atoms with Crippen LogP contribution in [0.15, 0.2) is 23.1 Å². The van der Waals surface area contributed by atoms with E-state index in [1.165, 1.54) is 16.4 Å². The molecule has 0 atom stereocenters. The zero-order valence-corrected chi connectivity index (χ0v) is 13.3. The summed E-state index contributed by atoms with van der Waals surface area (Å²) in [4.78, 5) is 12.0. The summed E-state index contributed by atoms with van der Waals surface area (Å²) in [6.45, 7) is 4.72. The lowest BCUT2D eigenvalue weighted by molar-refractivity contribution is -0.129. The average Bonchev–Trinajstić information content (AvgIpc) is 2.48. The van der Waals surface area contributed by atoms with Gasteiger partial charge in [0.1, 0.15) is 5.75 Å². The van der Waals surface area contributed by atoms with Gasteiger partial charge in [-0.1, -0.05) is 0 Å². The van der Waals surface area contributed by atoms with E-state index in [4.69, 9.17) is 9.47 Å². The number of fused-ring (bicyclic) bond motifs is 1. The van der Waals surface area contributed by atoms with Gasteiger partial charge < -0.3 is 14.8 Å². The van der Waals surface area contributed by atoms with Gasteiger partial charge in [-0.05, 0) is 26.0 Å². The van der Waals surface area contributed by atoms with Crippen LogP contribution in [0.2, 0.25) is 0 Å². The van der Waals surface area contributed by atoms with Crippen molar-refractivity contribution in [2.24, 2.45) is 0 Å². The summed E-state index contributed by atoms with van der Waals surface area (Å²) in [7, 11) is -3.59. The van der Waals surface area contributed by atoms with Gasteiger partial charge in [0.25, 0.3) is 5.91 Å². The SMILES string of the molecule is CC1(C)Oc2cc(S(=O)(=O)N3CCOCC3)ccc2NC1=O. The van der Waals surface area contributed by atoms with Crippen molar-refractivity contribution in [3.05, 3.63) is 18.2 Å². The number of nitrogens with zero attached hydrogens (tertiary/aromatic N) is 1. The molecular weight excluding hydrogens is 308 g/mol. The first kappa shape index (κ1) is 15.3. The molecule has 22 heavy (non-hydrogen) atoms. The Balaban J connectivity index is 1.95. The molecule has 0 saturated carbocycles. The van der Waals surface area contributed by atoms with E-state index in [2.05, 4.69) is 5.32 Å². The van der Waals surface area contributed by atoms with E-state index in [9.17, 15) is 13.2 Å². The number of anilines is 1. The van der Waals surface area contributed by atoms with Gasteiger partial charge in [-0.3, -0.25) is 4.79 Å². The number of hydrogen-bond acceptors (Lipinski definition) is 5. The van der Waals surface area contributed by atoms with Crippen molar-refractivity contribution < 1.29 is 22.7 Å². The molecule has 1 N–H and O–H groups in total. The summed E-state index contributed by atoms with van der Waals surface area (Å²) in [5.41, 5.74) is -0.556. The maximum Gasteiger partial charge on any atom is 0.268 e. The van der Waals surface area contributed by atoms with Gasteiger partial charge in [0.05, 0.1) is 23.8 Å². The van der Waals surface area contributed by atoms with Crippen LogP contribution in [0.25, 0.3) is 0 Å². The molecule has 2 aliphatic heterocycles. The van der Waals surface area contributed by atoms with Crippen molar-refractivity contribution in [1.82, 2.24) is 4.31 Å². The molecule has 0 aromatic heterocycles. The average molecular weight is 326 g/mol. The standard InChI is InChI=1S/C14H18N2O5S/c1-14(2)13(17)15-11-4-3-10(9-12(11)21-14)22(18,19)16-5-7-20-8-6-16/h3-4,9H,5-8H2,1-2H3,(H,15,17). The lowest BCUT2D eigenvalue weighted by Gasteiger charge is -2.32. The van der Waals surface area contributed by atoms with Crippen molar-refractivity contribution in [2.75, 3.05) is 31.6 Å². The number of morpholine rings is 1. The second kappa shape index (κ2) is 5.22. The van der Waals surface area contributed by atoms with Gasteiger partial charge in [0, 0.05) is 19.2 Å². The van der Waals surface area contributed by atoms with Crippen molar-refractivity contribution >= 4 is 21.6 Å². The molecule has 8 heteroatoms. The minimum atomic E-state index is -3.59. The van der Waals surface area contributed by atoms with E-state index in [-0.39, 0.29) is 10.8 Å². The fourth-order valence-corrected chi connectivity index (χ4v) is 3.80. The number of benzene rings is 1. The van der Waals surface area contributed by atoms with Crippen LogP contribution in [-0.2, 0) is 19.6 Å². The van der Waals surface area contributed by atoms with E-state index in [0.29, 0.717) is 37.7 Å². The third-order valence-electron chi connectivity index (χ3n) is 3.72. The van der Waals surface area contributed by atoms with Crippen LogP contribution in [0.1, 0.15) is 13.8 Å². The summed E-state index contributed by atoms with van der Waals surface area (Å²) in [5.74, 6) is 0.0997. The predicted molar refractivity (Wildman–Crippen MR) is 79.4 cm³/mol. The number of rotatable bonds is 2. The Morgan fingerprint density at radius 3 is 2.59 bits per heavy atom. The van der Waals surface area contributed by atoms with Crippen LogP contribution in [0.5, 0.6) is 5.75 Å². The first-order chi connectivity index (χ1) is 10.3. The summed E-state index contributed by atoms with van der Waals surface area (Å²) in [6, 6.07) is 4.49. The fourth-order valence-electron chi connectivity index (χ4n) is 2.38. The van der Waals surface area contributed by atoms with Gasteiger partial charge >= 0.3 is 0 Å². The molecule has 0 spiro atoms. The first-order valence-corrected chi connectivity index (χ1v) is 8.47.